The fourth-order valence-corrected chi connectivity index (χ4v) is 2.38. The van der Waals surface area contributed by atoms with Crippen LogP contribution in [0, 0.1) is 0 Å². The first-order valence-corrected chi connectivity index (χ1v) is 7.35. The summed E-state index contributed by atoms with van der Waals surface area (Å²) in [4.78, 5) is 12.2. The Labute approximate surface area is 136 Å². The van der Waals surface area contributed by atoms with E-state index < -0.39 is 5.97 Å². The van der Waals surface area contributed by atoms with Gasteiger partial charge < -0.3 is 4.74 Å². The number of aromatic nitrogens is 3. The van der Waals surface area contributed by atoms with Crippen LogP contribution in [0.2, 0.25) is 10.0 Å². The molecule has 0 saturated carbocycles. The van der Waals surface area contributed by atoms with E-state index in [1.165, 1.54) is 0 Å². The molecular weight excluding hydrogens is 325 g/mol. The summed E-state index contributed by atoms with van der Waals surface area (Å²) in [5, 5.41) is 8.56. The molecule has 0 radical (unpaired) electrons. The molecule has 0 atom stereocenters. The van der Waals surface area contributed by atoms with Crippen LogP contribution in [0.4, 0.5) is 0 Å². The lowest BCUT2D eigenvalue weighted by Crippen LogP contribution is -2.08. The molecule has 2 aromatic carbocycles. The highest BCUT2D eigenvalue weighted by atomic mass is 35.5. The first-order valence-electron chi connectivity index (χ1n) is 6.59. The van der Waals surface area contributed by atoms with Gasteiger partial charge in [0.25, 0.3) is 0 Å². The third kappa shape index (κ3) is 2.65. The second-order valence-corrected chi connectivity index (χ2v) is 5.34. The van der Waals surface area contributed by atoms with E-state index in [0.29, 0.717) is 22.6 Å². The lowest BCUT2D eigenvalue weighted by Gasteiger charge is -2.07. The van der Waals surface area contributed by atoms with Crippen molar-refractivity contribution in [3.05, 3.63) is 52.0 Å². The summed E-state index contributed by atoms with van der Waals surface area (Å²) < 4.78 is 7.03. The van der Waals surface area contributed by atoms with Crippen LogP contribution >= 0.6 is 23.2 Å². The zero-order valence-electron chi connectivity index (χ0n) is 11.6. The molecule has 0 spiro atoms. The van der Waals surface area contributed by atoms with Crippen molar-refractivity contribution in [1.29, 1.82) is 0 Å². The number of hydrogen-bond donors (Lipinski definition) is 0. The van der Waals surface area contributed by atoms with Crippen molar-refractivity contribution in [3.8, 4) is 5.75 Å². The summed E-state index contributed by atoms with van der Waals surface area (Å²) in [7, 11) is 0. The van der Waals surface area contributed by atoms with Crippen LogP contribution in [-0.4, -0.2) is 21.0 Å². The molecular formula is C15H11Cl2N3O2. The third-order valence-electron chi connectivity index (χ3n) is 3.17. The Bertz CT molecular complexity index is 861. The molecule has 1 aromatic heterocycles. The SMILES string of the molecule is CCn1nnc2cc(C(=O)Oc3cccc(Cl)c3Cl)ccc21. The van der Waals surface area contributed by atoms with Gasteiger partial charge in [0.2, 0.25) is 0 Å². The minimum Gasteiger partial charge on any atom is -0.421 e. The molecule has 0 bridgehead atoms. The van der Waals surface area contributed by atoms with Crippen molar-refractivity contribution in [2.75, 3.05) is 0 Å². The first kappa shape index (κ1) is 14.8. The summed E-state index contributed by atoms with van der Waals surface area (Å²) in [6.07, 6.45) is 0. The van der Waals surface area contributed by atoms with E-state index in [1.54, 1.807) is 41.1 Å². The van der Waals surface area contributed by atoms with E-state index in [1.807, 2.05) is 6.92 Å². The fraction of sp³-hybridized carbons (Fsp3) is 0.133. The Morgan fingerprint density at radius 1 is 1.27 bits per heavy atom. The van der Waals surface area contributed by atoms with Crippen molar-refractivity contribution in [3.63, 3.8) is 0 Å². The number of rotatable bonds is 3. The van der Waals surface area contributed by atoms with Gasteiger partial charge in [-0.25, -0.2) is 9.48 Å². The van der Waals surface area contributed by atoms with Crippen LogP contribution in [0.5, 0.6) is 5.75 Å². The van der Waals surface area contributed by atoms with Crippen LogP contribution in [0.25, 0.3) is 11.0 Å². The minimum atomic E-state index is -0.530. The molecule has 0 aliphatic heterocycles. The van der Waals surface area contributed by atoms with Crippen LogP contribution in [-0.2, 0) is 6.54 Å². The quantitative estimate of drug-likeness (QED) is 0.536. The molecule has 7 heteroatoms. The molecule has 0 saturated heterocycles. The molecule has 0 amide bonds. The van der Waals surface area contributed by atoms with Crippen molar-refractivity contribution in [2.45, 2.75) is 13.5 Å². The van der Waals surface area contributed by atoms with Crippen LogP contribution in [0.15, 0.2) is 36.4 Å². The minimum absolute atomic E-state index is 0.204. The largest absolute Gasteiger partial charge is 0.421 e. The van der Waals surface area contributed by atoms with Crippen molar-refractivity contribution >= 4 is 40.2 Å². The second kappa shape index (κ2) is 5.94. The standard InChI is InChI=1S/C15H11Cl2N3O2/c1-2-20-12-7-6-9(8-11(12)18-19-20)15(21)22-13-5-3-4-10(16)14(13)17/h3-8H,2H2,1H3. The van der Waals surface area contributed by atoms with Gasteiger partial charge in [-0.2, -0.15) is 0 Å². The lowest BCUT2D eigenvalue weighted by atomic mass is 10.2. The van der Waals surface area contributed by atoms with Gasteiger partial charge in [-0.3, -0.25) is 0 Å². The Hall–Kier alpha value is -2.11. The Morgan fingerprint density at radius 2 is 2.09 bits per heavy atom. The van der Waals surface area contributed by atoms with Gasteiger partial charge in [-0.1, -0.05) is 34.5 Å². The predicted molar refractivity (Wildman–Crippen MR) is 84.6 cm³/mol. The lowest BCUT2D eigenvalue weighted by molar-refractivity contribution is 0.0735. The molecule has 0 aliphatic rings. The first-order chi connectivity index (χ1) is 10.6. The zero-order valence-corrected chi connectivity index (χ0v) is 13.1. The third-order valence-corrected chi connectivity index (χ3v) is 3.97. The van der Waals surface area contributed by atoms with Crippen LogP contribution in [0.3, 0.4) is 0 Å². The van der Waals surface area contributed by atoms with Gasteiger partial charge in [0.1, 0.15) is 10.5 Å². The number of halogens is 2. The highest BCUT2D eigenvalue weighted by Gasteiger charge is 2.14. The van der Waals surface area contributed by atoms with Crippen LogP contribution < -0.4 is 4.74 Å². The molecule has 22 heavy (non-hydrogen) atoms. The Kier molecular flexibility index (Phi) is 4.00. The number of benzene rings is 2. The molecule has 0 N–H and O–H groups in total. The summed E-state index contributed by atoms with van der Waals surface area (Å²) in [5.74, 6) is -0.311. The van der Waals surface area contributed by atoms with Crippen LogP contribution in [0.1, 0.15) is 17.3 Å². The summed E-state index contributed by atoms with van der Waals surface area (Å²) >= 11 is 11.9. The average Bonchev–Trinajstić information content (AvgIpc) is 2.94. The van der Waals surface area contributed by atoms with Gasteiger partial charge in [0.15, 0.2) is 5.75 Å². The summed E-state index contributed by atoms with van der Waals surface area (Å²) in [5.41, 5.74) is 1.86. The molecule has 3 aromatic rings. The molecule has 0 aliphatic carbocycles. The molecule has 1 heterocycles. The van der Waals surface area contributed by atoms with Gasteiger partial charge >= 0.3 is 5.97 Å². The van der Waals surface area contributed by atoms with Crippen molar-refractivity contribution in [1.82, 2.24) is 15.0 Å². The predicted octanol–water partition coefficient (Wildman–Crippen LogP) is 3.98. The van der Waals surface area contributed by atoms with Crippen molar-refractivity contribution in [2.24, 2.45) is 0 Å². The number of aryl methyl sites for hydroxylation is 1. The van der Waals surface area contributed by atoms with E-state index in [4.69, 9.17) is 27.9 Å². The van der Waals surface area contributed by atoms with E-state index in [2.05, 4.69) is 10.3 Å². The summed E-state index contributed by atoms with van der Waals surface area (Å²) in [6.45, 7) is 2.68. The maximum Gasteiger partial charge on any atom is 0.343 e. The van der Waals surface area contributed by atoms with E-state index >= 15 is 0 Å². The Morgan fingerprint density at radius 3 is 2.86 bits per heavy atom. The maximum atomic E-state index is 12.2. The molecule has 0 unspecified atom stereocenters. The number of nitrogens with zero attached hydrogens (tertiary/aromatic N) is 3. The number of carbonyl (C=O) groups is 1. The number of fused-ring (bicyclic) bond motifs is 1. The molecule has 112 valence electrons. The highest BCUT2D eigenvalue weighted by molar-refractivity contribution is 6.43. The maximum absolute atomic E-state index is 12.2. The Balaban J connectivity index is 1.90. The highest BCUT2D eigenvalue weighted by Crippen LogP contribution is 2.32. The number of carbonyl (C=O) groups excluding carboxylic acids is 1. The zero-order chi connectivity index (χ0) is 15.7. The summed E-state index contributed by atoms with van der Waals surface area (Å²) in [6, 6.07) is 9.95. The monoisotopic (exact) mass is 335 g/mol. The molecule has 5 nitrogen and oxygen atoms in total. The van der Waals surface area contributed by atoms with Gasteiger partial charge in [-0.05, 0) is 37.3 Å². The van der Waals surface area contributed by atoms with Crippen molar-refractivity contribution < 1.29 is 9.53 Å². The van der Waals surface area contributed by atoms with E-state index in [-0.39, 0.29) is 10.8 Å². The van der Waals surface area contributed by atoms with Gasteiger partial charge in [0, 0.05) is 6.54 Å². The smallest absolute Gasteiger partial charge is 0.343 e. The number of ether oxygens (including phenoxy) is 1. The number of hydrogen-bond acceptors (Lipinski definition) is 4. The van der Waals surface area contributed by atoms with E-state index in [9.17, 15) is 4.79 Å². The average molecular weight is 336 g/mol. The topological polar surface area (TPSA) is 57.0 Å². The number of esters is 1. The fourth-order valence-electron chi connectivity index (χ4n) is 2.05. The van der Waals surface area contributed by atoms with E-state index in [0.717, 1.165) is 5.52 Å². The normalized spacial score (nSPS) is 10.9. The second-order valence-electron chi connectivity index (χ2n) is 4.55. The van der Waals surface area contributed by atoms with Gasteiger partial charge in [0.05, 0.1) is 16.1 Å². The molecule has 0 fully saturated rings. The molecule has 3 rings (SSSR count). The van der Waals surface area contributed by atoms with Gasteiger partial charge in [-0.15, -0.1) is 5.10 Å².